The zero-order valence-corrected chi connectivity index (χ0v) is 14.7. The van der Waals surface area contributed by atoms with Gasteiger partial charge < -0.3 is 5.73 Å². The van der Waals surface area contributed by atoms with Crippen LogP contribution in [-0.2, 0) is 0 Å². The van der Waals surface area contributed by atoms with E-state index < -0.39 is 5.82 Å². The fourth-order valence-electron chi connectivity index (χ4n) is 2.89. The first-order valence-corrected chi connectivity index (χ1v) is 8.12. The van der Waals surface area contributed by atoms with Gasteiger partial charge in [0.25, 0.3) is 0 Å². The van der Waals surface area contributed by atoms with E-state index in [4.69, 9.17) is 17.3 Å². The van der Waals surface area contributed by atoms with Gasteiger partial charge in [-0.05, 0) is 30.5 Å². The van der Waals surface area contributed by atoms with Crippen molar-refractivity contribution in [1.82, 2.24) is 4.98 Å². The fraction of sp³-hybridized carbons (Fsp3) is 0.100. The summed E-state index contributed by atoms with van der Waals surface area (Å²) in [5.41, 5.74) is 9.52. The van der Waals surface area contributed by atoms with Gasteiger partial charge in [0.1, 0.15) is 5.82 Å². The van der Waals surface area contributed by atoms with Gasteiger partial charge in [-0.3, -0.25) is 9.98 Å². The SMILES string of the molecule is CN=C(C(=C(C)N)c1ccc(F)cc1Cl)c1cncc2ccccc12. The van der Waals surface area contributed by atoms with Gasteiger partial charge in [0, 0.05) is 47.2 Å². The van der Waals surface area contributed by atoms with E-state index in [1.807, 2.05) is 24.3 Å². The Balaban J connectivity index is 2.27. The first kappa shape index (κ1) is 17.1. The lowest BCUT2D eigenvalue weighted by molar-refractivity contribution is 0.628. The average molecular weight is 354 g/mol. The van der Waals surface area contributed by atoms with Crippen molar-refractivity contribution in [2.24, 2.45) is 10.7 Å². The van der Waals surface area contributed by atoms with Crippen LogP contribution in [0.4, 0.5) is 4.39 Å². The lowest BCUT2D eigenvalue weighted by Crippen LogP contribution is -2.12. The monoisotopic (exact) mass is 353 g/mol. The molecule has 25 heavy (non-hydrogen) atoms. The summed E-state index contributed by atoms with van der Waals surface area (Å²) < 4.78 is 13.5. The Morgan fingerprint density at radius 1 is 1.12 bits per heavy atom. The van der Waals surface area contributed by atoms with Gasteiger partial charge >= 0.3 is 0 Å². The number of aliphatic imine (C=N–C) groups is 1. The highest BCUT2D eigenvalue weighted by Gasteiger charge is 2.19. The van der Waals surface area contributed by atoms with Crippen LogP contribution in [0.5, 0.6) is 0 Å². The highest BCUT2D eigenvalue weighted by Crippen LogP contribution is 2.31. The second-order valence-electron chi connectivity index (χ2n) is 5.66. The van der Waals surface area contributed by atoms with Crippen molar-refractivity contribution < 1.29 is 4.39 Å². The van der Waals surface area contributed by atoms with E-state index in [1.54, 1.807) is 32.4 Å². The summed E-state index contributed by atoms with van der Waals surface area (Å²) in [5.74, 6) is -0.399. The molecule has 0 radical (unpaired) electrons. The van der Waals surface area contributed by atoms with Gasteiger partial charge in [-0.25, -0.2) is 4.39 Å². The maximum absolute atomic E-state index is 13.5. The number of fused-ring (bicyclic) bond motifs is 1. The van der Waals surface area contributed by atoms with Crippen LogP contribution in [0.25, 0.3) is 16.3 Å². The first-order valence-electron chi connectivity index (χ1n) is 7.75. The van der Waals surface area contributed by atoms with E-state index in [0.29, 0.717) is 22.5 Å². The number of aromatic nitrogens is 1. The molecule has 0 aliphatic carbocycles. The van der Waals surface area contributed by atoms with Crippen LogP contribution >= 0.6 is 11.6 Å². The molecule has 0 amide bonds. The zero-order valence-electron chi connectivity index (χ0n) is 13.9. The van der Waals surface area contributed by atoms with Crippen LogP contribution in [-0.4, -0.2) is 17.7 Å². The molecule has 1 aromatic heterocycles. The molecule has 3 nitrogen and oxygen atoms in total. The summed E-state index contributed by atoms with van der Waals surface area (Å²) >= 11 is 6.27. The number of hydrogen-bond acceptors (Lipinski definition) is 3. The van der Waals surface area contributed by atoms with Crippen molar-refractivity contribution in [1.29, 1.82) is 0 Å². The molecule has 3 aromatic rings. The number of allylic oxidation sites excluding steroid dienone is 2. The number of nitrogens with two attached hydrogens (primary N) is 1. The van der Waals surface area contributed by atoms with Crippen molar-refractivity contribution >= 4 is 33.7 Å². The van der Waals surface area contributed by atoms with E-state index in [0.717, 1.165) is 16.3 Å². The van der Waals surface area contributed by atoms with Gasteiger partial charge in [0.2, 0.25) is 0 Å². The third kappa shape index (κ3) is 3.26. The van der Waals surface area contributed by atoms with Crippen molar-refractivity contribution in [3.8, 4) is 0 Å². The molecule has 2 N–H and O–H groups in total. The largest absolute Gasteiger partial charge is 0.402 e. The van der Waals surface area contributed by atoms with E-state index in [9.17, 15) is 4.39 Å². The predicted octanol–water partition coefficient (Wildman–Crippen LogP) is 4.84. The molecule has 0 saturated heterocycles. The summed E-state index contributed by atoms with van der Waals surface area (Å²) in [6, 6.07) is 12.2. The van der Waals surface area contributed by atoms with Crippen molar-refractivity contribution in [2.75, 3.05) is 7.05 Å². The standard InChI is InChI=1S/C20H17ClFN3/c1-12(23)19(16-8-7-14(22)9-18(16)21)20(24-2)17-11-25-10-13-5-3-4-6-15(13)17/h3-11H,23H2,1-2H3. The molecule has 0 aliphatic rings. The predicted molar refractivity (Wildman–Crippen MR) is 102 cm³/mol. The number of benzene rings is 2. The van der Waals surface area contributed by atoms with Crippen LogP contribution in [0.2, 0.25) is 5.02 Å². The van der Waals surface area contributed by atoms with Crippen LogP contribution < -0.4 is 5.73 Å². The molecule has 0 fully saturated rings. The van der Waals surface area contributed by atoms with Gasteiger partial charge in [0.05, 0.1) is 10.7 Å². The summed E-state index contributed by atoms with van der Waals surface area (Å²) in [5, 5.41) is 2.30. The van der Waals surface area contributed by atoms with E-state index in [1.165, 1.54) is 12.1 Å². The Bertz CT molecular complexity index is 999. The molecule has 0 aliphatic heterocycles. The van der Waals surface area contributed by atoms with Gasteiger partial charge in [-0.2, -0.15) is 0 Å². The second-order valence-corrected chi connectivity index (χ2v) is 6.07. The third-order valence-electron chi connectivity index (χ3n) is 3.98. The minimum Gasteiger partial charge on any atom is -0.402 e. The number of hydrogen-bond donors (Lipinski definition) is 1. The number of halogens is 2. The second kappa shape index (κ2) is 7.03. The molecule has 126 valence electrons. The van der Waals surface area contributed by atoms with Gasteiger partial charge in [-0.15, -0.1) is 0 Å². The Morgan fingerprint density at radius 2 is 1.88 bits per heavy atom. The normalized spacial score (nSPS) is 13.0. The van der Waals surface area contributed by atoms with Gasteiger partial charge in [-0.1, -0.05) is 35.9 Å². The third-order valence-corrected chi connectivity index (χ3v) is 4.29. The minimum absolute atomic E-state index is 0.286. The molecule has 1 heterocycles. The lowest BCUT2D eigenvalue weighted by atomic mass is 9.92. The Labute approximate surface area is 150 Å². The number of rotatable bonds is 3. The average Bonchev–Trinajstić information content (AvgIpc) is 2.60. The summed E-state index contributed by atoms with van der Waals surface area (Å²) in [7, 11) is 1.69. The topological polar surface area (TPSA) is 51.3 Å². The van der Waals surface area contributed by atoms with E-state index in [-0.39, 0.29) is 5.02 Å². The quantitative estimate of drug-likeness (QED) is 0.685. The van der Waals surface area contributed by atoms with Crippen LogP contribution in [0.3, 0.4) is 0 Å². The lowest BCUT2D eigenvalue weighted by Gasteiger charge is -2.16. The highest BCUT2D eigenvalue weighted by molar-refractivity contribution is 6.40. The van der Waals surface area contributed by atoms with Crippen molar-refractivity contribution in [2.45, 2.75) is 6.92 Å². The van der Waals surface area contributed by atoms with Crippen molar-refractivity contribution in [3.05, 3.63) is 82.5 Å². The van der Waals surface area contributed by atoms with E-state index >= 15 is 0 Å². The Kier molecular flexibility index (Phi) is 4.81. The van der Waals surface area contributed by atoms with Crippen LogP contribution in [0.15, 0.2) is 65.5 Å². The number of pyridine rings is 1. The maximum Gasteiger partial charge on any atom is 0.124 e. The first-order chi connectivity index (χ1) is 12.0. The maximum atomic E-state index is 13.5. The Hall–Kier alpha value is -2.72. The Morgan fingerprint density at radius 3 is 2.56 bits per heavy atom. The minimum atomic E-state index is -0.399. The highest BCUT2D eigenvalue weighted by atomic mass is 35.5. The molecule has 3 rings (SSSR count). The molecule has 0 unspecified atom stereocenters. The van der Waals surface area contributed by atoms with Gasteiger partial charge in [0.15, 0.2) is 0 Å². The molecular weight excluding hydrogens is 337 g/mol. The molecule has 0 spiro atoms. The molecule has 0 atom stereocenters. The summed E-state index contributed by atoms with van der Waals surface area (Å²) in [6.45, 7) is 1.78. The summed E-state index contributed by atoms with van der Waals surface area (Å²) in [6.07, 6.45) is 3.56. The smallest absolute Gasteiger partial charge is 0.124 e. The number of nitrogens with zero attached hydrogens (tertiary/aromatic N) is 2. The summed E-state index contributed by atoms with van der Waals surface area (Å²) in [4.78, 5) is 8.77. The molecular formula is C20H17ClFN3. The van der Waals surface area contributed by atoms with E-state index in [2.05, 4.69) is 9.98 Å². The molecule has 2 aromatic carbocycles. The fourth-order valence-corrected chi connectivity index (χ4v) is 3.15. The van der Waals surface area contributed by atoms with Crippen molar-refractivity contribution in [3.63, 3.8) is 0 Å². The van der Waals surface area contributed by atoms with Crippen LogP contribution in [0, 0.1) is 5.82 Å². The molecule has 5 heteroatoms. The molecule has 0 saturated carbocycles. The molecule has 0 bridgehead atoms. The van der Waals surface area contributed by atoms with Crippen LogP contribution in [0.1, 0.15) is 18.1 Å². The zero-order chi connectivity index (χ0) is 18.0.